The standard InChI is InChI=1S/C18H21N3O2/c22-18(17-7-4-10-23-17)21-11-14-5-3-9-20(16(14)13-21)12-15-6-1-2-8-19-15/h1-2,4,6-8,10,14,16H,3,5,9,11-13H2/t14-,16+/m0/s1. The molecule has 120 valence electrons. The molecule has 23 heavy (non-hydrogen) atoms. The number of pyridine rings is 1. The molecule has 4 rings (SSSR count). The molecule has 0 aliphatic carbocycles. The Morgan fingerprint density at radius 3 is 3.00 bits per heavy atom. The summed E-state index contributed by atoms with van der Waals surface area (Å²) in [5, 5.41) is 0. The van der Waals surface area contributed by atoms with Crippen LogP contribution >= 0.6 is 0 Å². The molecule has 4 heterocycles. The number of rotatable bonds is 3. The Balaban J connectivity index is 1.47. The normalized spacial score (nSPS) is 24.6. The van der Waals surface area contributed by atoms with E-state index < -0.39 is 0 Å². The van der Waals surface area contributed by atoms with E-state index in [0.717, 1.165) is 31.9 Å². The van der Waals surface area contributed by atoms with Crippen molar-refractivity contribution in [2.24, 2.45) is 5.92 Å². The van der Waals surface area contributed by atoms with E-state index in [2.05, 4.69) is 16.0 Å². The smallest absolute Gasteiger partial charge is 0.289 e. The van der Waals surface area contributed by atoms with E-state index in [1.54, 1.807) is 18.4 Å². The van der Waals surface area contributed by atoms with E-state index in [1.165, 1.54) is 12.8 Å². The summed E-state index contributed by atoms with van der Waals surface area (Å²) in [5.41, 5.74) is 1.10. The zero-order valence-corrected chi connectivity index (χ0v) is 13.1. The Morgan fingerprint density at radius 2 is 2.22 bits per heavy atom. The van der Waals surface area contributed by atoms with Crippen molar-refractivity contribution < 1.29 is 9.21 Å². The molecule has 0 N–H and O–H groups in total. The fourth-order valence-corrected chi connectivity index (χ4v) is 3.89. The third-order valence-corrected chi connectivity index (χ3v) is 5.01. The van der Waals surface area contributed by atoms with Crippen LogP contribution in [0.2, 0.25) is 0 Å². The zero-order valence-electron chi connectivity index (χ0n) is 13.1. The Kier molecular flexibility index (Phi) is 3.87. The van der Waals surface area contributed by atoms with Crippen LogP contribution in [0.15, 0.2) is 47.2 Å². The van der Waals surface area contributed by atoms with Gasteiger partial charge in [0.2, 0.25) is 0 Å². The van der Waals surface area contributed by atoms with Crippen LogP contribution in [0, 0.1) is 5.92 Å². The summed E-state index contributed by atoms with van der Waals surface area (Å²) < 4.78 is 5.27. The Morgan fingerprint density at radius 1 is 1.26 bits per heavy atom. The summed E-state index contributed by atoms with van der Waals surface area (Å²) in [6, 6.07) is 10.0. The van der Waals surface area contributed by atoms with Gasteiger partial charge in [-0.3, -0.25) is 14.7 Å². The minimum atomic E-state index is 0.0159. The first kappa shape index (κ1) is 14.5. The summed E-state index contributed by atoms with van der Waals surface area (Å²) in [4.78, 5) is 21.4. The molecular formula is C18H21N3O2. The van der Waals surface area contributed by atoms with Crippen molar-refractivity contribution in [2.75, 3.05) is 19.6 Å². The quantitative estimate of drug-likeness (QED) is 0.873. The van der Waals surface area contributed by atoms with Gasteiger partial charge in [-0.15, -0.1) is 0 Å². The van der Waals surface area contributed by atoms with Gasteiger partial charge in [-0.25, -0.2) is 0 Å². The topological polar surface area (TPSA) is 49.6 Å². The lowest BCUT2D eigenvalue weighted by Gasteiger charge is -2.36. The highest BCUT2D eigenvalue weighted by Crippen LogP contribution is 2.32. The van der Waals surface area contributed by atoms with Crippen molar-refractivity contribution in [3.8, 4) is 0 Å². The first-order valence-corrected chi connectivity index (χ1v) is 8.28. The molecule has 0 bridgehead atoms. The van der Waals surface area contributed by atoms with Gasteiger partial charge in [0.1, 0.15) is 0 Å². The molecular weight excluding hydrogens is 290 g/mol. The van der Waals surface area contributed by atoms with Crippen LogP contribution in [0.4, 0.5) is 0 Å². The van der Waals surface area contributed by atoms with Crippen molar-refractivity contribution in [1.29, 1.82) is 0 Å². The predicted molar refractivity (Wildman–Crippen MR) is 85.8 cm³/mol. The average Bonchev–Trinajstić information content (AvgIpc) is 3.25. The number of carbonyl (C=O) groups excluding carboxylic acids is 1. The fourth-order valence-electron chi connectivity index (χ4n) is 3.89. The van der Waals surface area contributed by atoms with E-state index in [9.17, 15) is 4.79 Å². The molecule has 2 atom stereocenters. The molecule has 2 saturated heterocycles. The monoisotopic (exact) mass is 311 g/mol. The molecule has 0 radical (unpaired) electrons. The van der Waals surface area contributed by atoms with Crippen LogP contribution in [0.5, 0.6) is 0 Å². The largest absolute Gasteiger partial charge is 0.459 e. The Hall–Kier alpha value is -2.14. The van der Waals surface area contributed by atoms with Gasteiger partial charge in [-0.1, -0.05) is 6.07 Å². The summed E-state index contributed by atoms with van der Waals surface area (Å²) in [6.07, 6.45) is 5.80. The second kappa shape index (κ2) is 6.16. The summed E-state index contributed by atoms with van der Waals surface area (Å²) in [7, 11) is 0. The van der Waals surface area contributed by atoms with Crippen LogP contribution in [-0.2, 0) is 6.54 Å². The Bertz CT molecular complexity index is 656. The first-order chi connectivity index (χ1) is 11.3. The van der Waals surface area contributed by atoms with E-state index >= 15 is 0 Å². The van der Waals surface area contributed by atoms with Crippen molar-refractivity contribution in [2.45, 2.75) is 25.4 Å². The minimum Gasteiger partial charge on any atom is -0.459 e. The van der Waals surface area contributed by atoms with Crippen molar-refractivity contribution in [1.82, 2.24) is 14.8 Å². The Labute approximate surface area is 135 Å². The molecule has 0 spiro atoms. The zero-order chi connectivity index (χ0) is 15.6. The van der Waals surface area contributed by atoms with Gasteiger partial charge in [0.25, 0.3) is 5.91 Å². The maximum atomic E-state index is 12.5. The molecule has 0 saturated carbocycles. The van der Waals surface area contributed by atoms with Crippen LogP contribution in [0.3, 0.4) is 0 Å². The number of piperidine rings is 1. The number of likely N-dealkylation sites (tertiary alicyclic amines) is 2. The van der Waals surface area contributed by atoms with Crippen LogP contribution in [-0.4, -0.2) is 46.4 Å². The van der Waals surface area contributed by atoms with Crippen LogP contribution < -0.4 is 0 Å². The van der Waals surface area contributed by atoms with Gasteiger partial charge >= 0.3 is 0 Å². The number of aromatic nitrogens is 1. The molecule has 5 nitrogen and oxygen atoms in total. The maximum absolute atomic E-state index is 12.5. The average molecular weight is 311 g/mol. The lowest BCUT2D eigenvalue weighted by molar-refractivity contribution is 0.0743. The number of carbonyl (C=O) groups is 1. The van der Waals surface area contributed by atoms with Crippen LogP contribution in [0.25, 0.3) is 0 Å². The molecule has 2 aromatic rings. The van der Waals surface area contributed by atoms with Crippen molar-refractivity contribution >= 4 is 5.91 Å². The maximum Gasteiger partial charge on any atom is 0.289 e. The molecule has 0 unspecified atom stereocenters. The minimum absolute atomic E-state index is 0.0159. The molecule has 0 aromatic carbocycles. The highest BCUT2D eigenvalue weighted by Gasteiger charge is 2.41. The number of nitrogens with zero attached hydrogens (tertiary/aromatic N) is 3. The second-order valence-electron chi connectivity index (χ2n) is 6.45. The lowest BCUT2D eigenvalue weighted by atomic mass is 9.92. The molecule has 1 amide bonds. The van der Waals surface area contributed by atoms with Gasteiger partial charge in [0.05, 0.1) is 12.0 Å². The summed E-state index contributed by atoms with van der Waals surface area (Å²) in [5.74, 6) is 1.02. The SMILES string of the molecule is O=C(c1ccco1)N1C[C@@H]2CCCN(Cc3ccccn3)[C@@H]2C1. The molecule has 5 heteroatoms. The molecule has 2 aliphatic heterocycles. The van der Waals surface area contributed by atoms with Crippen molar-refractivity contribution in [3.05, 3.63) is 54.2 Å². The van der Waals surface area contributed by atoms with E-state index in [4.69, 9.17) is 4.42 Å². The number of hydrogen-bond donors (Lipinski definition) is 0. The summed E-state index contributed by atoms with van der Waals surface area (Å²) >= 11 is 0. The van der Waals surface area contributed by atoms with Crippen LogP contribution in [0.1, 0.15) is 29.1 Å². The van der Waals surface area contributed by atoms with E-state index in [-0.39, 0.29) is 5.91 Å². The third kappa shape index (κ3) is 2.88. The van der Waals surface area contributed by atoms with Gasteiger partial charge < -0.3 is 9.32 Å². The number of amides is 1. The molecule has 2 aliphatic rings. The van der Waals surface area contributed by atoms with Crippen molar-refractivity contribution in [3.63, 3.8) is 0 Å². The van der Waals surface area contributed by atoms with Gasteiger partial charge in [-0.2, -0.15) is 0 Å². The third-order valence-electron chi connectivity index (χ3n) is 5.01. The lowest BCUT2D eigenvalue weighted by Crippen LogP contribution is -2.44. The molecule has 2 fully saturated rings. The first-order valence-electron chi connectivity index (χ1n) is 8.28. The van der Waals surface area contributed by atoms with E-state index in [1.807, 2.05) is 23.2 Å². The molecule has 2 aromatic heterocycles. The van der Waals surface area contributed by atoms with Gasteiger partial charge in [-0.05, 0) is 49.6 Å². The highest BCUT2D eigenvalue weighted by atomic mass is 16.3. The summed E-state index contributed by atoms with van der Waals surface area (Å²) in [6.45, 7) is 3.57. The number of fused-ring (bicyclic) bond motifs is 1. The van der Waals surface area contributed by atoms with E-state index in [0.29, 0.717) is 17.7 Å². The second-order valence-corrected chi connectivity index (χ2v) is 6.45. The highest BCUT2D eigenvalue weighted by molar-refractivity contribution is 5.91. The predicted octanol–water partition coefficient (Wildman–Crippen LogP) is 2.41. The van der Waals surface area contributed by atoms with Gasteiger partial charge in [0.15, 0.2) is 5.76 Å². The van der Waals surface area contributed by atoms with Gasteiger partial charge in [0, 0.05) is 31.9 Å². The number of hydrogen-bond acceptors (Lipinski definition) is 4. The fraction of sp³-hybridized carbons (Fsp3) is 0.444. The number of furan rings is 1.